The molecule has 0 radical (unpaired) electrons. The molecular weight excluding hydrogens is 679 g/mol. The molecule has 50 heavy (non-hydrogen) atoms. The molecule has 1 aromatic carbocycles. The van der Waals surface area contributed by atoms with Crippen LogP contribution in [-0.4, -0.2) is 84.4 Å². The molecule has 0 aromatic heterocycles. The van der Waals surface area contributed by atoms with Crippen LogP contribution in [0.15, 0.2) is 18.2 Å². The molecule has 1 saturated heterocycles. The summed E-state index contributed by atoms with van der Waals surface area (Å²) in [6.07, 6.45) is 4.00. The molecule has 0 spiro atoms. The van der Waals surface area contributed by atoms with Gasteiger partial charge in [0.25, 0.3) is 5.69 Å². The van der Waals surface area contributed by atoms with Gasteiger partial charge in [-0.1, -0.05) is 82.1 Å². The fourth-order valence-corrected chi connectivity index (χ4v) is 9.43. The van der Waals surface area contributed by atoms with E-state index >= 15 is 0 Å². The second kappa shape index (κ2) is 17.3. The number of nitrogens with zero attached hydrogens (tertiary/aromatic N) is 2. The van der Waals surface area contributed by atoms with Gasteiger partial charge in [-0.05, 0) is 97.4 Å². The van der Waals surface area contributed by atoms with E-state index in [2.05, 4.69) is 119 Å². The van der Waals surface area contributed by atoms with Gasteiger partial charge in [-0.25, -0.2) is 0 Å². The molecule has 290 valence electrons. The molecule has 2 rings (SSSR count). The molecular formula is C38H75N3O6Si3. The summed E-state index contributed by atoms with van der Waals surface area (Å²) in [6.45, 7) is 40.5. The maximum Gasteiger partial charge on any atom is 0.292 e. The Balaban J connectivity index is 2.29. The van der Waals surface area contributed by atoms with Crippen molar-refractivity contribution in [3.8, 4) is 0 Å². The molecule has 0 aliphatic carbocycles. The van der Waals surface area contributed by atoms with Gasteiger partial charge in [-0.15, -0.1) is 0 Å². The molecule has 1 aromatic rings. The first kappa shape index (κ1) is 45.0. The maximum absolute atomic E-state index is 11.5. The van der Waals surface area contributed by atoms with Crippen LogP contribution in [0, 0.1) is 16.0 Å². The zero-order valence-corrected chi connectivity index (χ0v) is 37.8. The Kier molecular flexibility index (Phi) is 15.6. The highest BCUT2D eigenvalue weighted by atomic mass is 28.4. The molecule has 1 aliphatic rings. The number of anilines is 1. The molecule has 1 heterocycles. The minimum Gasteiger partial charge on any atom is -0.415 e. The van der Waals surface area contributed by atoms with Crippen molar-refractivity contribution in [1.82, 2.24) is 4.90 Å². The van der Waals surface area contributed by atoms with E-state index in [4.69, 9.17) is 13.3 Å². The van der Waals surface area contributed by atoms with Crippen molar-refractivity contribution >= 4 is 36.3 Å². The summed E-state index contributed by atoms with van der Waals surface area (Å²) in [5.41, 5.74) is 1.17. The molecule has 0 saturated carbocycles. The predicted molar refractivity (Wildman–Crippen MR) is 218 cm³/mol. The Morgan fingerprint density at radius 2 is 1.36 bits per heavy atom. The molecule has 4 atom stereocenters. The lowest BCUT2D eigenvalue weighted by Crippen LogP contribution is -2.66. The Labute approximate surface area is 309 Å². The summed E-state index contributed by atoms with van der Waals surface area (Å²) in [4.78, 5) is 13.8. The standard InChI is InChI=1S/C38H75N3O6Si3/c1-29-26-40(24-20-18-17-19-23-39-31-25-30(27-42)21-22-32(31)41(43)44)33(28-45-48(11,12)36(2,3)4)35(47-50(15,16)38(8,9)10)34(29)46-49(13,14)37(5,6)7/h21-22,25,29,33-35,39,42H,17-20,23-24,26-28H2,1-16H3/t29-,33+,34+,35+/m0/s1. The second-order valence-corrected chi connectivity index (χ2v) is 33.7. The monoisotopic (exact) mass is 753 g/mol. The quantitative estimate of drug-likeness (QED) is 0.0701. The fourth-order valence-electron chi connectivity index (χ4n) is 5.69. The van der Waals surface area contributed by atoms with Crippen molar-refractivity contribution in [1.29, 1.82) is 0 Å². The van der Waals surface area contributed by atoms with E-state index in [0.29, 0.717) is 30.3 Å². The largest absolute Gasteiger partial charge is 0.415 e. The van der Waals surface area contributed by atoms with Crippen LogP contribution in [0.25, 0.3) is 0 Å². The Morgan fingerprint density at radius 1 is 0.840 bits per heavy atom. The van der Waals surface area contributed by atoms with Crippen LogP contribution in [0.3, 0.4) is 0 Å². The van der Waals surface area contributed by atoms with Crippen molar-refractivity contribution in [3.05, 3.63) is 33.9 Å². The van der Waals surface area contributed by atoms with Gasteiger partial charge in [0, 0.05) is 19.2 Å². The van der Waals surface area contributed by atoms with Gasteiger partial charge in [-0.2, -0.15) is 0 Å². The average Bonchev–Trinajstić information content (AvgIpc) is 2.95. The minimum atomic E-state index is -2.16. The van der Waals surface area contributed by atoms with Gasteiger partial charge in [0.15, 0.2) is 25.0 Å². The number of benzene rings is 1. The smallest absolute Gasteiger partial charge is 0.292 e. The number of hydrogen-bond acceptors (Lipinski definition) is 8. The summed E-state index contributed by atoms with van der Waals surface area (Å²) >= 11 is 0. The molecule has 12 heteroatoms. The predicted octanol–water partition coefficient (Wildman–Crippen LogP) is 10.2. The Hall–Kier alpha value is -1.13. The van der Waals surface area contributed by atoms with Crippen LogP contribution in [0.1, 0.15) is 100 Å². The third-order valence-electron chi connectivity index (χ3n) is 12.3. The van der Waals surface area contributed by atoms with E-state index in [1.54, 1.807) is 12.1 Å². The van der Waals surface area contributed by atoms with E-state index in [1.165, 1.54) is 6.07 Å². The Bertz CT molecular complexity index is 1240. The van der Waals surface area contributed by atoms with Gasteiger partial charge < -0.3 is 23.7 Å². The second-order valence-electron chi connectivity index (χ2n) is 19.4. The SMILES string of the molecule is C[C@H]1CN(CCCCCCNc2cc(CO)ccc2[N+](=O)[O-])[C@H](CO[Si](C)(C)C(C)(C)C)[C@@H](O[Si](C)(C)C(C)(C)C)[C@@H]1O[Si](C)(C)C(C)(C)C. The van der Waals surface area contributed by atoms with Crippen LogP contribution in [0.5, 0.6) is 0 Å². The Morgan fingerprint density at radius 3 is 1.86 bits per heavy atom. The van der Waals surface area contributed by atoms with Crippen molar-refractivity contribution in [3.63, 3.8) is 0 Å². The van der Waals surface area contributed by atoms with E-state index in [9.17, 15) is 15.2 Å². The number of aliphatic hydroxyl groups excluding tert-OH is 1. The summed E-state index contributed by atoms with van der Waals surface area (Å²) in [7, 11) is -6.28. The highest BCUT2D eigenvalue weighted by molar-refractivity contribution is 6.75. The van der Waals surface area contributed by atoms with Crippen LogP contribution < -0.4 is 5.32 Å². The lowest BCUT2D eigenvalue weighted by Gasteiger charge is -2.54. The van der Waals surface area contributed by atoms with E-state index in [0.717, 1.165) is 38.8 Å². The third-order valence-corrected chi connectivity index (χ3v) is 25.7. The average molecular weight is 754 g/mol. The molecule has 0 unspecified atom stereocenters. The van der Waals surface area contributed by atoms with Gasteiger partial charge in [0.1, 0.15) is 5.69 Å². The molecule has 1 fully saturated rings. The topological polar surface area (TPSA) is 106 Å². The van der Waals surface area contributed by atoms with Crippen LogP contribution in [0.2, 0.25) is 54.4 Å². The number of unbranched alkanes of at least 4 members (excludes halogenated alkanes) is 3. The van der Waals surface area contributed by atoms with E-state index in [-0.39, 0.29) is 50.6 Å². The van der Waals surface area contributed by atoms with Crippen LogP contribution in [0.4, 0.5) is 11.4 Å². The highest BCUT2D eigenvalue weighted by Crippen LogP contribution is 2.44. The van der Waals surface area contributed by atoms with Gasteiger partial charge in [0.05, 0.1) is 36.4 Å². The van der Waals surface area contributed by atoms with Crippen molar-refractivity contribution < 1.29 is 23.3 Å². The minimum absolute atomic E-state index is 0.00810. The van der Waals surface area contributed by atoms with Gasteiger partial charge in [-0.3, -0.25) is 15.0 Å². The lowest BCUT2D eigenvalue weighted by molar-refractivity contribution is -0.384. The number of nitro groups is 1. The lowest BCUT2D eigenvalue weighted by atomic mass is 9.88. The normalized spacial score (nSPS) is 21.8. The van der Waals surface area contributed by atoms with Crippen LogP contribution >= 0.6 is 0 Å². The number of rotatable bonds is 17. The van der Waals surface area contributed by atoms with Crippen molar-refractivity contribution in [2.45, 2.75) is 174 Å². The first-order valence-electron chi connectivity index (χ1n) is 19.0. The van der Waals surface area contributed by atoms with Gasteiger partial charge >= 0.3 is 0 Å². The zero-order valence-electron chi connectivity index (χ0n) is 34.8. The zero-order chi connectivity index (χ0) is 38.5. The van der Waals surface area contributed by atoms with Crippen LogP contribution in [-0.2, 0) is 19.9 Å². The third kappa shape index (κ3) is 11.9. The number of hydrogen-bond donors (Lipinski definition) is 2. The summed E-state index contributed by atoms with van der Waals surface area (Å²) in [5.74, 6) is 0.317. The molecule has 0 bridgehead atoms. The summed E-state index contributed by atoms with van der Waals surface area (Å²) in [6, 6.07) is 4.83. The number of nitrogens with one attached hydrogen (secondary N) is 1. The number of nitro benzene ring substituents is 1. The molecule has 9 nitrogen and oxygen atoms in total. The summed E-state index contributed by atoms with van der Waals surface area (Å²) in [5, 5.41) is 24.5. The molecule has 0 amide bonds. The molecule has 2 N–H and O–H groups in total. The highest BCUT2D eigenvalue weighted by Gasteiger charge is 2.52. The number of likely N-dealkylation sites (tertiary alicyclic amines) is 1. The number of aliphatic hydroxyl groups is 1. The van der Waals surface area contributed by atoms with Crippen molar-refractivity contribution in [2.24, 2.45) is 5.92 Å². The maximum atomic E-state index is 11.5. The summed E-state index contributed by atoms with van der Waals surface area (Å²) < 4.78 is 21.9. The molecule has 1 aliphatic heterocycles. The first-order valence-corrected chi connectivity index (χ1v) is 27.7. The van der Waals surface area contributed by atoms with E-state index in [1.807, 2.05) is 0 Å². The van der Waals surface area contributed by atoms with Crippen molar-refractivity contribution in [2.75, 3.05) is 31.6 Å². The fraction of sp³-hybridized carbons (Fsp3) is 0.842. The number of piperidine rings is 1. The first-order chi connectivity index (χ1) is 22.6. The van der Waals surface area contributed by atoms with E-state index < -0.39 is 25.0 Å². The van der Waals surface area contributed by atoms with Gasteiger partial charge in [0.2, 0.25) is 0 Å².